The third kappa shape index (κ3) is 4.22. The Balaban J connectivity index is 1.88. The van der Waals surface area contributed by atoms with Crippen LogP contribution in [-0.4, -0.2) is 11.0 Å². The maximum Gasteiger partial charge on any atom is 0.319 e. The van der Waals surface area contributed by atoms with Gasteiger partial charge in [0.25, 0.3) is 0 Å². The highest BCUT2D eigenvalue weighted by Crippen LogP contribution is 2.17. The Morgan fingerprint density at radius 3 is 2.68 bits per heavy atom. The van der Waals surface area contributed by atoms with Gasteiger partial charge >= 0.3 is 6.03 Å². The van der Waals surface area contributed by atoms with Crippen molar-refractivity contribution in [2.75, 3.05) is 5.32 Å². The molecule has 6 heteroatoms. The standard InChI is InChI=1S/C13H11BrClN3O/c14-10-5-3-9(4-6-10)8-17-13(19)18-11-2-1-7-16-12(11)15/h1-7H,8H2,(H2,17,18,19). The minimum absolute atomic E-state index is 0.265. The van der Waals surface area contributed by atoms with E-state index in [0.29, 0.717) is 12.2 Å². The summed E-state index contributed by atoms with van der Waals surface area (Å²) >= 11 is 9.20. The molecule has 1 aromatic heterocycles. The van der Waals surface area contributed by atoms with Gasteiger partial charge in [0, 0.05) is 17.2 Å². The fraction of sp³-hybridized carbons (Fsp3) is 0.0769. The van der Waals surface area contributed by atoms with Gasteiger partial charge in [-0.3, -0.25) is 0 Å². The van der Waals surface area contributed by atoms with Crippen LogP contribution in [0.2, 0.25) is 5.15 Å². The van der Waals surface area contributed by atoms with Crippen LogP contribution in [0, 0.1) is 0 Å². The smallest absolute Gasteiger partial charge is 0.319 e. The number of aromatic nitrogens is 1. The van der Waals surface area contributed by atoms with Crippen molar-refractivity contribution in [1.29, 1.82) is 0 Å². The van der Waals surface area contributed by atoms with Crippen molar-refractivity contribution in [2.24, 2.45) is 0 Å². The lowest BCUT2D eigenvalue weighted by Crippen LogP contribution is -2.28. The first-order valence-corrected chi connectivity index (χ1v) is 6.72. The molecular weight excluding hydrogens is 330 g/mol. The van der Waals surface area contributed by atoms with Crippen molar-refractivity contribution in [1.82, 2.24) is 10.3 Å². The fourth-order valence-electron chi connectivity index (χ4n) is 1.43. The Morgan fingerprint density at radius 1 is 1.26 bits per heavy atom. The lowest BCUT2D eigenvalue weighted by Gasteiger charge is -2.08. The zero-order valence-electron chi connectivity index (χ0n) is 9.86. The van der Waals surface area contributed by atoms with Gasteiger partial charge in [-0.2, -0.15) is 0 Å². The normalized spacial score (nSPS) is 10.0. The number of pyridine rings is 1. The molecule has 0 radical (unpaired) electrons. The van der Waals surface area contributed by atoms with Crippen LogP contribution in [0.15, 0.2) is 47.1 Å². The summed E-state index contributed by atoms with van der Waals surface area (Å²) in [4.78, 5) is 15.6. The summed E-state index contributed by atoms with van der Waals surface area (Å²) in [6, 6.07) is 10.8. The molecule has 0 unspecified atom stereocenters. The summed E-state index contributed by atoms with van der Waals surface area (Å²) in [7, 11) is 0. The number of nitrogens with zero attached hydrogens (tertiary/aromatic N) is 1. The van der Waals surface area contributed by atoms with E-state index >= 15 is 0 Å². The zero-order valence-corrected chi connectivity index (χ0v) is 12.2. The maximum atomic E-state index is 11.7. The molecule has 0 aliphatic heterocycles. The molecule has 0 aliphatic rings. The lowest BCUT2D eigenvalue weighted by molar-refractivity contribution is 0.251. The Bertz CT molecular complexity index is 574. The van der Waals surface area contributed by atoms with Gasteiger partial charge in [0.1, 0.15) is 0 Å². The summed E-state index contributed by atoms with van der Waals surface area (Å²) in [6.45, 7) is 0.441. The highest BCUT2D eigenvalue weighted by atomic mass is 79.9. The molecule has 98 valence electrons. The van der Waals surface area contributed by atoms with Crippen molar-refractivity contribution >= 4 is 39.2 Å². The van der Waals surface area contributed by atoms with Gasteiger partial charge in [0.2, 0.25) is 0 Å². The summed E-state index contributed by atoms with van der Waals surface area (Å²) in [5.74, 6) is 0. The van der Waals surface area contributed by atoms with Crippen LogP contribution in [0.4, 0.5) is 10.5 Å². The molecule has 0 saturated heterocycles. The highest BCUT2D eigenvalue weighted by Gasteiger charge is 2.05. The van der Waals surface area contributed by atoms with E-state index in [0.717, 1.165) is 10.0 Å². The number of nitrogens with one attached hydrogen (secondary N) is 2. The molecule has 0 aliphatic carbocycles. The van der Waals surface area contributed by atoms with Crippen LogP contribution >= 0.6 is 27.5 Å². The van der Waals surface area contributed by atoms with Gasteiger partial charge in [0.05, 0.1) is 5.69 Å². The average molecular weight is 341 g/mol. The van der Waals surface area contributed by atoms with Crippen LogP contribution in [-0.2, 0) is 6.54 Å². The first kappa shape index (κ1) is 13.8. The molecule has 4 nitrogen and oxygen atoms in total. The van der Waals surface area contributed by atoms with Crippen LogP contribution in [0.5, 0.6) is 0 Å². The molecule has 2 aromatic rings. The molecule has 0 bridgehead atoms. The first-order valence-electron chi connectivity index (χ1n) is 5.55. The summed E-state index contributed by atoms with van der Waals surface area (Å²) in [5.41, 5.74) is 1.49. The Kier molecular flexibility index (Phi) is 4.76. The van der Waals surface area contributed by atoms with Crippen molar-refractivity contribution in [3.63, 3.8) is 0 Å². The van der Waals surface area contributed by atoms with Crippen LogP contribution in [0.25, 0.3) is 0 Å². The first-order chi connectivity index (χ1) is 9.15. The van der Waals surface area contributed by atoms with Crippen molar-refractivity contribution in [3.05, 3.63) is 57.8 Å². The molecule has 2 N–H and O–H groups in total. The second kappa shape index (κ2) is 6.54. The van der Waals surface area contributed by atoms with E-state index in [9.17, 15) is 4.79 Å². The highest BCUT2D eigenvalue weighted by molar-refractivity contribution is 9.10. The topological polar surface area (TPSA) is 54.0 Å². The summed E-state index contributed by atoms with van der Waals surface area (Å²) in [6.07, 6.45) is 1.56. The predicted molar refractivity (Wildman–Crippen MR) is 79.2 cm³/mol. The van der Waals surface area contributed by atoms with Gasteiger partial charge in [0.15, 0.2) is 5.15 Å². The largest absolute Gasteiger partial charge is 0.334 e. The molecule has 1 aromatic carbocycles. The van der Waals surface area contributed by atoms with Crippen LogP contribution in [0.1, 0.15) is 5.56 Å². The van der Waals surface area contributed by atoms with Gasteiger partial charge in [-0.25, -0.2) is 9.78 Å². The second-order valence-electron chi connectivity index (χ2n) is 3.78. The zero-order chi connectivity index (χ0) is 13.7. The van der Waals surface area contributed by atoms with Gasteiger partial charge in [-0.05, 0) is 29.8 Å². The van der Waals surface area contributed by atoms with Crippen molar-refractivity contribution in [2.45, 2.75) is 6.54 Å². The number of hydrogen-bond donors (Lipinski definition) is 2. The number of urea groups is 1. The molecule has 0 fully saturated rings. The van der Waals surface area contributed by atoms with Crippen molar-refractivity contribution in [3.8, 4) is 0 Å². The van der Waals surface area contributed by atoms with Crippen LogP contribution in [0.3, 0.4) is 0 Å². The van der Waals surface area contributed by atoms with E-state index in [1.807, 2.05) is 24.3 Å². The van der Waals surface area contributed by atoms with Gasteiger partial charge < -0.3 is 10.6 Å². The predicted octanol–water partition coefficient (Wildman–Crippen LogP) is 3.82. The lowest BCUT2D eigenvalue weighted by atomic mass is 10.2. The van der Waals surface area contributed by atoms with E-state index in [1.165, 1.54) is 0 Å². The Morgan fingerprint density at radius 2 is 2.00 bits per heavy atom. The minimum Gasteiger partial charge on any atom is -0.334 e. The maximum absolute atomic E-state index is 11.7. The quantitative estimate of drug-likeness (QED) is 0.835. The molecule has 2 rings (SSSR count). The van der Waals surface area contributed by atoms with Gasteiger partial charge in [-0.15, -0.1) is 0 Å². The summed E-state index contributed by atoms with van der Waals surface area (Å²) in [5, 5.41) is 5.65. The number of anilines is 1. The van der Waals surface area contributed by atoms with E-state index in [1.54, 1.807) is 18.3 Å². The molecule has 1 heterocycles. The number of carbonyl (C=O) groups excluding carboxylic acids is 1. The monoisotopic (exact) mass is 339 g/mol. The van der Waals surface area contributed by atoms with Gasteiger partial charge in [-0.1, -0.05) is 39.7 Å². The average Bonchev–Trinajstić information content (AvgIpc) is 2.41. The third-order valence-corrected chi connectivity index (χ3v) is 3.20. The van der Waals surface area contributed by atoms with E-state index in [-0.39, 0.29) is 11.2 Å². The number of carbonyl (C=O) groups is 1. The van der Waals surface area contributed by atoms with E-state index in [4.69, 9.17) is 11.6 Å². The second-order valence-corrected chi connectivity index (χ2v) is 5.05. The molecule has 19 heavy (non-hydrogen) atoms. The molecule has 0 saturated carbocycles. The Labute approximate surface area is 124 Å². The third-order valence-electron chi connectivity index (χ3n) is 2.37. The molecular formula is C13H11BrClN3O. The van der Waals surface area contributed by atoms with E-state index < -0.39 is 0 Å². The molecule has 2 amide bonds. The number of amides is 2. The minimum atomic E-state index is -0.321. The molecule has 0 atom stereocenters. The van der Waals surface area contributed by atoms with Crippen LogP contribution < -0.4 is 10.6 Å². The number of hydrogen-bond acceptors (Lipinski definition) is 2. The SMILES string of the molecule is O=C(NCc1ccc(Br)cc1)Nc1cccnc1Cl. The number of rotatable bonds is 3. The fourth-order valence-corrected chi connectivity index (χ4v) is 1.86. The number of benzene rings is 1. The van der Waals surface area contributed by atoms with Crippen molar-refractivity contribution < 1.29 is 4.79 Å². The number of halogens is 2. The molecule has 0 spiro atoms. The summed E-state index contributed by atoms with van der Waals surface area (Å²) < 4.78 is 1.00. The Hall–Kier alpha value is -1.59. The van der Waals surface area contributed by atoms with E-state index in [2.05, 4.69) is 31.5 Å².